The molecule has 104 valence electrons. The molecule has 0 saturated heterocycles. The van der Waals surface area contributed by atoms with Gasteiger partial charge in [-0.3, -0.25) is 4.79 Å². The molecule has 19 heavy (non-hydrogen) atoms. The molecule has 0 bridgehead atoms. The molecule has 1 fully saturated rings. The maximum Gasteiger partial charge on any atom is 0.234 e. The van der Waals surface area contributed by atoms with Gasteiger partial charge in [0.15, 0.2) is 0 Å². The Labute approximate surface area is 127 Å². The first-order chi connectivity index (χ1) is 9.01. The Bertz CT molecular complexity index is 450. The van der Waals surface area contributed by atoms with Crippen molar-refractivity contribution in [2.75, 3.05) is 23.9 Å². The van der Waals surface area contributed by atoms with Crippen molar-refractivity contribution in [3.63, 3.8) is 0 Å². The Hall–Kier alpha value is -0.580. The van der Waals surface area contributed by atoms with Crippen LogP contribution >= 0.6 is 35.0 Å². The Morgan fingerprint density at radius 1 is 1.47 bits per heavy atom. The van der Waals surface area contributed by atoms with Crippen molar-refractivity contribution in [1.29, 1.82) is 0 Å². The molecule has 1 aromatic carbocycles. The van der Waals surface area contributed by atoms with Crippen molar-refractivity contribution in [3.05, 3.63) is 24.3 Å². The van der Waals surface area contributed by atoms with Crippen LogP contribution in [-0.4, -0.2) is 28.9 Å². The van der Waals surface area contributed by atoms with E-state index < -0.39 is 4.33 Å². The van der Waals surface area contributed by atoms with Crippen LogP contribution in [0.25, 0.3) is 0 Å². The lowest BCUT2D eigenvalue weighted by atomic mass is 10.3. The Morgan fingerprint density at radius 2 is 2.11 bits per heavy atom. The number of hydrogen-bond donors (Lipinski definition) is 1. The number of carbonyl (C=O) groups excluding carboxylic acids is 1. The SMILES string of the molecule is COc1ccc(NC(=O)CSC[C@@H]2CC2(Cl)Cl)cc1. The fraction of sp³-hybridized carbons (Fsp3) is 0.462. The average molecular weight is 320 g/mol. The number of anilines is 1. The lowest BCUT2D eigenvalue weighted by Crippen LogP contribution is -2.14. The summed E-state index contributed by atoms with van der Waals surface area (Å²) in [6, 6.07) is 7.24. The monoisotopic (exact) mass is 319 g/mol. The first-order valence-corrected chi connectivity index (χ1v) is 7.82. The summed E-state index contributed by atoms with van der Waals surface area (Å²) in [6.45, 7) is 0. The third-order valence-electron chi connectivity index (χ3n) is 2.88. The van der Waals surface area contributed by atoms with Gasteiger partial charge >= 0.3 is 0 Å². The highest BCUT2D eigenvalue weighted by atomic mass is 35.5. The minimum Gasteiger partial charge on any atom is -0.497 e. The van der Waals surface area contributed by atoms with E-state index in [1.807, 2.05) is 24.3 Å². The van der Waals surface area contributed by atoms with Crippen LogP contribution < -0.4 is 10.1 Å². The Morgan fingerprint density at radius 3 is 2.63 bits per heavy atom. The van der Waals surface area contributed by atoms with Crippen LogP contribution in [0.1, 0.15) is 6.42 Å². The van der Waals surface area contributed by atoms with Crippen LogP contribution in [-0.2, 0) is 4.79 Å². The molecular formula is C13H15Cl2NO2S. The van der Waals surface area contributed by atoms with Gasteiger partial charge in [-0.05, 0) is 36.4 Å². The fourth-order valence-electron chi connectivity index (χ4n) is 1.62. The summed E-state index contributed by atoms with van der Waals surface area (Å²) in [5.41, 5.74) is 0.766. The summed E-state index contributed by atoms with van der Waals surface area (Å²) < 4.78 is 4.49. The number of halogens is 2. The zero-order valence-electron chi connectivity index (χ0n) is 10.5. The number of ether oxygens (including phenoxy) is 1. The number of nitrogens with one attached hydrogen (secondary N) is 1. The molecule has 1 aliphatic rings. The van der Waals surface area contributed by atoms with Crippen LogP contribution in [0, 0.1) is 5.92 Å². The normalized spacial score (nSPS) is 19.8. The maximum atomic E-state index is 11.7. The van der Waals surface area contributed by atoms with E-state index in [1.54, 1.807) is 18.9 Å². The van der Waals surface area contributed by atoms with Crippen LogP contribution in [0.2, 0.25) is 0 Å². The van der Waals surface area contributed by atoms with Gasteiger partial charge in [-0.25, -0.2) is 0 Å². The van der Waals surface area contributed by atoms with Gasteiger partial charge in [0.05, 0.1) is 12.9 Å². The fourth-order valence-corrected chi connectivity index (χ4v) is 3.39. The molecule has 0 unspecified atom stereocenters. The average Bonchev–Trinajstić information content (AvgIpc) is 2.98. The van der Waals surface area contributed by atoms with E-state index in [4.69, 9.17) is 27.9 Å². The highest BCUT2D eigenvalue weighted by Gasteiger charge is 2.51. The number of alkyl halides is 2. The molecule has 0 radical (unpaired) electrons. The van der Waals surface area contributed by atoms with E-state index >= 15 is 0 Å². The van der Waals surface area contributed by atoms with Gasteiger partial charge in [0.1, 0.15) is 10.1 Å². The van der Waals surface area contributed by atoms with E-state index in [-0.39, 0.29) is 5.91 Å². The van der Waals surface area contributed by atoms with Crippen LogP contribution in [0.15, 0.2) is 24.3 Å². The predicted octanol–water partition coefficient (Wildman–Crippen LogP) is 3.56. The van der Waals surface area contributed by atoms with Crippen LogP contribution in [0.3, 0.4) is 0 Å². The molecule has 0 spiro atoms. The summed E-state index contributed by atoms with van der Waals surface area (Å²) in [5, 5.41) is 2.83. The minimum absolute atomic E-state index is 0.0226. The standard InChI is InChI=1S/C13H15Cl2NO2S/c1-18-11-4-2-10(3-5-11)16-12(17)8-19-7-9-6-13(9,14)15/h2-5,9H,6-8H2,1H3,(H,16,17)/t9-/m0/s1. The smallest absolute Gasteiger partial charge is 0.234 e. The van der Waals surface area contributed by atoms with Gasteiger partial charge < -0.3 is 10.1 Å². The second kappa shape index (κ2) is 6.25. The van der Waals surface area contributed by atoms with Crippen molar-refractivity contribution in [1.82, 2.24) is 0 Å². The number of hydrogen-bond acceptors (Lipinski definition) is 3. The maximum absolute atomic E-state index is 11.7. The largest absolute Gasteiger partial charge is 0.497 e. The van der Waals surface area contributed by atoms with E-state index in [2.05, 4.69) is 5.32 Å². The van der Waals surface area contributed by atoms with Gasteiger partial charge in [0.25, 0.3) is 0 Å². The van der Waals surface area contributed by atoms with Gasteiger partial charge in [-0.2, -0.15) is 11.8 Å². The molecule has 3 nitrogen and oxygen atoms in total. The summed E-state index contributed by atoms with van der Waals surface area (Å²) >= 11 is 13.4. The third kappa shape index (κ3) is 4.48. The summed E-state index contributed by atoms with van der Waals surface area (Å²) in [6.07, 6.45) is 0.823. The summed E-state index contributed by atoms with van der Waals surface area (Å²) in [7, 11) is 1.61. The summed E-state index contributed by atoms with van der Waals surface area (Å²) in [4.78, 5) is 11.7. The first kappa shape index (κ1) is 14.8. The number of rotatable bonds is 6. The van der Waals surface area contributed by atoms with E-state index in [9.17, 15) is 4.79 Å². The molecule has 1 aliphatic carbocycles. The van der Waals surface area contributed by atoms with Gasteiger partial charge in [0.2, 0.25) is 5.91 Å². The molecule has 1 aromatic rings. The highest BCUT2D eigenvalue weighted by molar-refractivity contribution is 8.00. The molecule has 0 heterocycles. The number of carbonyl (C=O) groups is 1. The Kier molecular flexibility index (Phi) is 4.87. The number of amides is 1. The molecule has 2 rings (SSSR count). The quantitative estimate of drug-likeness (QED) is 0.815. The molecular weight excluding hydrogens is 305 g/mol. The molecule has 1 N–H and O–H groups in total. The second-order valence-electron chi connectivity index (χ2n) is 4.45. The molecule has 1 atom stereocenters. The number of benzene rings is 1. The van der Waals surface area contributed by atoms with Crippen molar-refractivity contribution >= 4 is 46.6 Å². The van der Waals surface area contributed by atoms with E-state index in [0.717, 1.165) is 23.6 Å². The summed E-state index contributed by atoms with van der Waals surface area (Å²) in [5.74, 6) is 2.29. The number of thioether (sulfide) groups is 1. The lowest BCUT2D eigenvalue weighted by molar-refractivity contribution is -0.113. The third-order valence-corrected chi connectivity index (χ3v) is 4.91. The minimum atomic E-state index is -0.556. The highest BCUT2D eigenvalue weighted by Crippen LogP contribution is 2.54. The zero-order valence-corrected chi connectivity index (χ0v) is 12.8. The van der Waals surface area contributed by atoms with Crippen molar-refractivity contribution in [2.45, 2.75) is 10.8 Å². The molecule has 1 saturated carbocycles. The number of methoxy groups -OCH3 is 1. The van der Waals surface area contributed by atoms with Gasteiger partial charge in [0, 0.05) is 11.6 Å². The molecule has 0 aliphatic heterocycles. The Balaban J connectivity index is 1.69. The van der Waals surface area contributed by atoms with E-state index in [1.165, 1.54) is 0 Å². The van der Waals surface area contributed by atoms with Gasteiger partial charge in [-0.15, -0.1) is 23.2 Å². The zero-order chi connectivity index (χ0) is 13.9. The molecule has 0 aromatic heterocycles. The van der Waals surface area contributed by atoms with Crippen LogP contribution in [0.4, 0.5) is 5.69 Å². The van der Waals surface area contributed by atoms with Gasteiger partial charge in [-0.1, -0.05) is 0 Å². The van der Waals surface area contributed by atoms with Crippen molar-refractivity contribution in [2.24, 2.45) is 5.92 Å². The topological polar surface area (TPSA) is 38.3 Å². The van der Waals surface area contributed by atoms with E-state index in [0.29, 0.717) is 11.7 Å². The lowest BCUT2D eigenvalue weighted by Gasteiger charge is -2.06. The van der Waals surface area contributed by atoms with Crippen molar-refractivity contribution in [3.8, 4) is 5.75 Å². The molecule has 6 heteroatoms. The van der Waals surface area contributed by atoms with Crippen molar-refractivity contribution < 1.29 is 9.53 Å². The first-order valence-electron chi connectivity index (χ1n) is 5.91. The molecule has 1 amide bonds. The second-order valence-corrected chi connectivity index (χ2v) is 7.03. The van der Waals surface area contributed by atoms with Crippen LogP contribution in [0.5, 0.6) is 5.75 Å². The predicted molar refractivity (Wildman–Crippen MR) is 81.5 cm³/mol.